The molecule has 0 atom stereocenters. The van der Waals surface area contributed by atoms with E-state index in [9.17, 15) is 4.79 Å². The van der Waals surface area contributed by atoms with Gasteiger partial charge < -0.3 is 4.40 Å². The van der Waals surface area contributed by atoms with E-state index in [0.29, 0.717) is 11.2 Å². The first-order valence-electron chi connectivity index (χ1n) is 5.78. The molecule has 0 spiro atoms. The Morgan fingerprint density at radius 1 is 1.17 bits per heavy atom. The molecule has 0 saturated carbocycles. The van der Waals surface area contributed by atoms with Crippen molar-refractivity contribution in [3.63, 3.8) is 0 Å². The SMILES string of the molecule is Cc1ccccc1-c1cn2cccc(C=O)c2n1. The molecule has 3 heteroatoms. The van der Waals surface area contributed by atoms with Crippen LogP contribution >= 0.6 is 0 Å². The summed E-state index contributed by atoms with van der Waals surface area (Å²) in [6.07, 6.45) is 4.69. The second-order valence-electron chi connectivity index (χ2n) is 4.25. The van der Waals surface area contributed by atoms with Gasteiger partial charge in [-0.15, -0.1) is 0 Å². The number of carbonyl (C=O) groups excluding carboxylic acids is 1. The van der Waals surface area contributed by atoms with E-state index in [0.717, 1.165) is 17.5 Å². The normalized spacial score (nSPS) is 10.7. The van der Waals surface area contributed by atoms with Gasteiger partial charge in [-0.2, -0.15) is 0 Å². The molecular weight excluding hydrogens is 224 g/mol. The van der Waals surface area contributed by atoms with E-state index < -0.39 is 0 Å². The predicted molar refractivity (Wildman–Crippen MR) is 70.8 cm³/mol. The van der Waals surface area contributed by atoms with Crippen LogP contribution in [0.2, 0.25) is 0 Å². The third-order valence-corrected chi connectivity index (χ3v) is 3.06. The molecule has 0 fully saturated rings. The molecule has 0 N–H and O–H groups in total. The Kier molecular flexibility index (Phi) is 2.45. The van der Waals surface area contributed by atoms with Crippen LogP contribution in [0.25, 0.3) is 16.9 Å². The van der Waals surface area contributed by atoms with Crippen LogP contribution in [-0.2, 0) is 0 Å². The number of aldehydes is 1. The zero-order valence-corrected chi connectivity index (χ0v) is 10.00. The Labute approximate surface area is 105 Å². The lowest BCUT2D eigenvalue weighted by molar-refractivity contribution is 0.112. The number of pyridine rings is 1. The molecule has 18 heavy (non-hydrogen) atoms. The van der Waals surface area contributed by atoms with Crippen molar-refractivity contribution < 1.29 is 4.79 Å². The molecule has 0 saturated heterocycles. The lowest BCUT2D eigenvalue weighted by Gasteiger charge is -1.99. The van der Waals surface area contributed by atoms with Gasteiger partial charge in [0.25, 0.3) is 0 Å². The van der Waals surface area contributed by atoms with Crippen LogP contribution in [0.5, 0.6) is 0 Å². The summed E-state index contributed by atoms with van der Waals surface area (Å²) < 4.78 is 1.88. The number of hydrogen-bond acceptors (Lipinski definition) is 2. The molecule has 0 aliphatic heterocycles. The van der Waals surface area contributed by atoms with Crippen LogP contribution < -0.4 is 0 Å². The Morgan fingerprint density at radius 2 is 2.00 bits per heavy atom. The molecule has 0 amide bonds. The number of nitrogens with zero attached hydrogens (tertiary/aromatic N) is 2. The highest BCUT2D eigenvalue weighted by atomic mass is 16.1. The van der Waals surface area contributed by atoms with Crippen LogP contribution in [0.1, 0.15) is 15.9 Å². The number of aryl methyl sites for hydroxylation is 1. The van der Waals surface area contributed by atoms with Gasteiger partial charge in [-0.25, -0.2) is 4.98 Å². The van der Waals surface area contributed by atoms with Crippen molar-refractivity contribution in [2.75, 3.05) is 0 Å². The van der Waals surface area contributed by atoms with E-state index >= 15 is 0 Å². The summed E-state index contributed by atoms with van der Waals surface area (Å²) in [6.45, 7) is 2.06. The van der Waals surface area contributed by atoms with Crippen molar-refractivity contribution in [2.45, 2.75) is 6.92 Å². The van der Waals surface area contributed by atoms with Crippen molar-refractivity contribution in [1.82, 2.24) is 9.38 Å². The molecule has 1 aromatic carbocycles. The van der Waals surface area contributed by atoms with Gasteiger partial charge in [-0.05, 0) is 24.6 Å². The van der Waals surface area contributed by atoms with Gasteiger partial charge in [0.05, 0.1) is 11.3 Å². The molecular formula is C15H12N2O. The van der Waals surface area contributed by atoms with Gasteiger partial charge in [-0.3, -0.25) is 4.79 Å². The van der Waals surface area contributed by atoms with E-state index in [2.05, 4.69) is 18.0 Å². The monoisotopic (exact) mass is 236 g/mol. The number of hydrogen-bond donors (Lipinski definition) is 0. The lowest BCUT2D eigenvalue weighted by atomic mass is 10.1. The molecule has 3 aromatic rings. The van der Waals surface area contributed by atoms with Gasteiger partial charge in [0.1, 0.15) is 5.65 Å². The molecule has 0 radical (unpaired) electrons. The minimum Gasteiger partial charge on any atom is -0.306 e. The van der Waals surface area contributed by atoms with Crippen molar-refractivity contribution in [1.29, 1.82) is 0 Å². The number of imidazole rings is 1. The van der Waals surface area contributed by atoms with E-state index in [1.807, 2.05) is 41.1 Å². The number of rotatable bonds is 2. The smallest absolute Gasteiger partial charge is 0.153 e. The van der Waals surface area contributed by atoms with Gasteiger partial charge >= 0.3 is 0 Å². The standard InChI is InChI=1S/C15H12N2O/c1-11-5-2-3-7-13(11)14-9-17-8-4-6-12(10-18)15(17)16-14/h2-10H,1H3. The van der Waals surface area contributed by atoms with Gasteiger partial charge in [0.15, 0.2) is 6.29 Å². The first-order valence-corrected chi connectivity index (χ1v) is 5.78. The first kappa shape index (κ1) is 10.7. The van der Waals surface area contributed by atoms with E-state index in [-0.39, 0.29) is 0 Å². The Balaban J connectivity index is 2.26. The summed E-state index contributed by atoms with van der Waals surface area (Å²) in [5.41, 5.74) is 4.47. The van der Waals surface area contributed by atoms with Crippen molar-refractivity contribution in [2.24, 2.45) is 0 Å². The number of carbonyl (C=O) groups is 1. The van der Waals surface area contributed by atoms with Crippen LogP contribution in [0.4, 0.5) is 0 Å². The second kappa shape index (κ2) is 4.11. The maximum absolute atomic E-state index is 11.0. The number of fused-ring (bicyclic) bond motifs is 1. The van der Waals surface area contributed by atoms with E-state index in [4.69, 9.17) is 0 Å². The van der Waals surface area contributed by atoms with Crippen LogP contribution in [0.15, 0.2) is 48.8 Å². The third kappa shape index (κ3) is 1.61. The molecule has 0 unspecified atom stereocenters. The average molecular weight is 236 g/mol. The Morgan fingerprint density at radius 3 is 2.78 bits per heavy atom. The highest BCUT2D eigenvalue weighted by molar-refractivity contribution is 5.85. The third-order valence-electron chi connectivity index (χ3n) is 3.06. The quantitative estimate of drug-likeness (QED) is 0.641. The van der Waals surface area contributed by atoms with E-state index in [1.165, 1.54) is 5.56 Å². The fourth-order valence-electron chi connectivity index (χ4n) is 2.12. The maximum Gasteiger partial charge on any atom is 0.153 e. The number of aromatic nitrogens is 2. The van der Waals surface area contributed by atoms with Gasteiger partial charge in [0, 0.05) is 18.0 Å². The highest BCUT2D eigenvalue weighted by Crippen LogP contribution is 2.23. The zero-order chi connectivity index (χ0) is 12.5. The minimum absolute atomic E-state index is 0.609. The fourth-order valence-corrected chi connectivity index (χ4v) is 2.12. The predicted octanol–water partition coefficient (Wildman–Crippen LogP) is 3.12. The molecule has 3 rings (SSSR count). The van der Waals surface area contributed by atoms with Crippen LogP contribution in [-0.4, -0.2) is 15.7 Å². The zero-order valence-electron chi connectivity index (χ0n) is 10.00. The topological polar surface area (TPSA) is 34.4 Å². The van der Waals surface area contributed by atoms with Crippen molar-refractivity contribution in [3.8, 4) is 11.3 Å². The summed E-state index contributed by atoms with van der Waals surface area (Å²) in [4.78, 5) is 15.5. The van der Waals surface area contributed by atoms with Crippen molar-refractivity contribution >= 4 is 11.9 Å². The first-order chi connectivity index (χ1) is 8.79. The summed E-state index contributed by atoms with van der Waals surface area (Å²) in [5.74, 6) is 0. The van der Waals surface area contributed by atoms with Crippen LogP contribution in [0.3, 0.4) is 0 Å². The average Bonchev–Trinajstić information content (AvgIpc) is 2.82. The molecule has 3 nitrogen and oxygen atoms in total. The highest BCUT2D eigenvalue weighted by Gasteiger charge is 2.08. The lowest BCUT2D eigenvalue weighted by Crippen LogP contribution is -1.88. The molecule has 88 valence electrons. The van der Waals surface area contributed by atoms with E-state index in [1.54, 1.807) is 6.07 Å². The minimum atomic E-state index is 0.609. The van der Waals surface area contributed by atoms with Crippen LogP contribution in [0, 0.1) is 6.92 Å². The molecule has 2 aromatic heterocycles. The largest absolute Gasteiger partial charge is 0.306 e. The summed E-state index contributed by atoms with van der Waals surface area (Å²) >= 11 is 0. The second-order valence-corrected chi connectivity index (χ2v) is 4.25. The summed E-state index contributed by atoms with van der Waals surface area (Å²) in [6, 6.07) is 11.7. The Bertz CT molecular complexity index is 728. The van der Waals surface area contributed by atoms with Gasteiger partial charge in [-0.1, -0.05) is 24.3 Å². The molecule has 2 heterocycles. The molecule has 0 aliphatic rings. The number of benzene rings is 1. The summed E-state index contributed by atoms with van der Waals surface area (Å²) in [5, 5.41) is 0. The fraction of sp³-hybridized carbons (Fsp3) is 0.0667. The summed E-state index contributed by atoms with van der Waals surface area (Å²) in [7, 11) is 0. The van der Waals surface area contributed by atoms with Gasteiger partial charge in [0.2, 0.25) is 0 Å². The molecule has 0 aliphatic carbocycles. The Hall–Kier alpha value is -2.42. The van der Waals surface area contributed by atoms with Crippen molar-refractivity contribution in [3.05, 3.63) is 59.9 Å². The molecule has 0 bridgehead atoms. The maximum atomic E-state index is 11.0.